The zero-order valence-corrected chi connectivity index (χ0v) is 13.1. The van der Waals surface area contributed by atoms with Crippen molar-refractivity contribution >= 4 is 34.9 Å². The van der Waals surface area contributed by atoms with Gasteiger partial charge in [0.25, 0.3) is 5.91 Å². The molecule has 1 atom stereocenters. The van der Waals surface area contributed by atoms with Crippen molar-refractivity contribution in [1.29, 1.82) is 0 Å². The lowest BCUT2D eigenvalue weighted by Gasteiger charge is -2.16. The maximum atomic E-state index is 12.5. The summed E-state index contributed by atoms with van der Waals surface area (Å²) in [5, 5.41) is 3.35. The molecule has 1 aliphatic heterocycles. The molecule has 1 aromatic rings. The van der Waals surface area contributed by atoms with Gasteiger partial charge in [-0.2, -0.15) is 0 Å². The van der Waals surface area contributed by atoms with Crippen molar-refractivity contribution in [2.45, 2.75) is 32.7 Å². The molecule has 0 radical (unpaired) electrons. The maximum absolute atomic E-state index is 12.5. The lowest BCUT2D eigenvalue weighted by atomic mass is 10.1. The quantitative estimate of drug-likeness (QED) is 0.679. The first-order valence-corrected chi connectivity index (χ1v) is 7.13. The highest BCUT2D eigenvalue weighted by Gasteiger charge is 2.36. The van der Waals surface area contributed by atoms with Gasteiger partial charge >= 0.3 is 5.97 Å². The molecule has 0 aromatic heterocycles. The second-order valence-electron chi connectivity index (χ2n) is 5.14. The van der Waals surface area contributed by atoms with Crippen LogP contribution in [-0.4, -0.2) is 30.1 Å². The van der Waals surface area contributed by atoms with Gasteiger partial charge in [0.1, 0.15) is 6.04 Å². The van der Waals surface area contributed by atoms with Gasteiger partial charge in [-0.1, -0.05) is 6.07 Å². The van der Waals surface area contributed by atoms with Crippen LogP contribution in [0.3, 0.4) is 0 Å². The standard InChI is InChI=1S/C15H18N2O3S/c1-9-6-10(2)8-11(7-9)17-14(19)12(16-15(17)21)4-5-13(18)20-3/h6-8,12H,4-5H2,1-3H3,(H,16,21). The molecule has 2 rings (SSSR count). The maximum Gasteiger partial charge on any atom is 0.305 e. The van der Waals surface area contributed by atoms with Gasteiger partial charge in [0.2, 0.25) is 0 Å². The summed E-state index contributed by atoms with van der Waals surface area (Å²) in [4.78, 5) is 25.2. The van der Waals surface area contributed by atoms with Crippen molar-refractivity contribution in [2.75, 3.05) is 12.0 Å². The molecule has 0 aliphatic carbocycles. The summed E-state index contributed by atoms with van der Waals surface area (Å²) in [5.41, 5.74) is 2.90. The average Bonchev–Trinajstić information content (AvgIpc) is 2.69. The van der Waals surface area contributed by atoms with Crippen LogP contribution in [0.1, 0.15) is 24.0 Å². The minimum Gasteiger partial charge on any atom is -0.469 e. The van der Waals surface area contributed by atoms with Crippen LogP contribution in [0.4, 0.5) is 5.69 Å². The molecule has 1 aliphatic rings. The molecule has 0 saturated carbocycles. The fourth-order valence-electron chi connectivity index (χ4n) is 2.42. The smallest absolute Gasteiger partial charge is 0.305 e. The highest BCUT2D eigenvalue weighted by Crippen LogP contribution is 2.24. The predicted octanol–water partition coefficient (Wildman–Crippen LogP) is 1.85. The summed E-state index contributed by atoms with van der Waals surface area (Å²) in [6, 6.07) is 5.40. The molecule has 5 nitrogen and oxygen atoms in total. The summed E-state index contributed by atoms with van der Waals surface area (Å²) in [6.07, 6.45) is 0.552. The van der Waals surface area contributed by atoms with E-state index in [9.17, 15) is 9.59 Å². The van der Waals surface area contributed by atoms with E-state index in [0.29, 0.717) is 11.5 Å². The van der Waals surface area contributed by atoms with Gasteiger partial charge in [0.15, 0.2) is 5.11 Å². The van der Waals surface area contributed by atoms with Crippen LogP contribution >= 0.6 is 12.2 Å². The van der Waals surface area contributed by atoms with Crippen molar-refractivity contribution in [3.8, 4) is 0 Å². The van der Waals surface area contributed by atoms with Gasteiger partial charge < -0.3 is 10.1 Å². The van der Waals surface area contributed by atoms with Gasteiger partial charge in [0.05, 0.1) is 12.8 Å². The second-order valence-corrected chi connectivity index (χ2v) is 5.52. The minimum absolute atomic E-state index is 0.131. The van der Waals surface area contributed by atoms with Crippen LogP contribution in [0.25, 0.3) is 0 Å². The molecule has 6 heteroatoms. The summed E-state index contributed by atoms with van der Waals surface area (Å²) in [5.74, 6) is -0.464. The Bertz CT molecular complexity index is 580. The van der Waals surface area contributed by atoms with E-state index in [0.717, 1.165) is 16.8 Å². The Morgan fingerprint density at radius 2 is 1.95 bits per heavy atom. The monoisotopic (exact) mass is 306 g/mol. The van der Waals surface area contributed by atoms with Crippen LogP contribution in [-0.2, 0) is 14.3 Å². The molecule has 1 N–H and O–H groups in total. The molecule has 21 heavy (non-hydrogen) atoms. The first kappa shape index (κ1) is 15.4. The third-order valence-electron chi connectivity index (χ3n) is 3.35. The number of amides is 1. The van der Waals surface area contributed by atoms with Gasteiger partial charge in [-0.3, -0.25) is 14.5 Å². The van der Waals surface area contributed by atoms with Crippen LogP contribution in [0.5, 0.6) is 0 Å². The number of methoxy groups -OCH3 is 1. The van der Waals surface area contributed by atoms with Gasteiger partial charge in [-0.15, -0.1) is 0 Å². The third-order valence-corrected chi connectivity index (χ3v) is 3.65. The van der Waals surface area contributed by atoms with Crippen molar-refractivity contribution in [2.24, 2.45) is 0 Å². The number of anilines is 1. The highest BCUT2D eigenvalue weighted by atomic mass is 32.1. The number of thiocarbonyl (C=S) groups is 1. The van der Waals surface area contributed by atoms with E-state index in [4.69, 9.17) is 12.2 Å². The number of esters is 1. The van der Waals surface area contributed by atoms with E-state index < -0.39 is 6.04 Å². The lowest BCUT2D eigenvalue weighted by Crippen LogP contribution is -2.31. The van der Waals surface area contributed by atoms with Gasteiger partial charge in [-0.25, -0.2) is 0 Å². The van der Waals surface area contributed by atoms with Gasteiger partial charge in [-0.05, 0) is 55.7 Å². The van der Waals surface area contributed by atoms with Crippen LogP contribution in [0.15, 0.2) is 18.2 Å². The predicted molar refractivity (Wildman–Crippen MR) is 84.2 cm³/mol. The molecule has 1 amide bonds. The van der Waals surface area contributed by atoms with E-state index in [-0.39, 0.29) is 18.3 Å². The molecule has 112 valence electrons. The number of benzene rings is 1. The number of hydrogen-bond acceptors (Lipinski definition) is 4. The van der Waals surface area contributed by atoms with E-state index in [2.05, 4.69) is 10.1 Å². The average molecular weight is 306 g/mol. The fraction of sp³-hybridized carbons (Fsp3) is 0.400. The third kappa shape index (κ3) is 3.39. The normalized spacial score (nSPS) is 17.9. The number of aryl methyl sites for hydroxylation is 2. The molecular weight excluding hydrogens is 288 g/mol. The van der Waals surface area contributed by atoms with E-state index in [1.54, 1.807) is 0 Å². The number of hydrogen-bond donors (Lipinski definition) is 1. The van der Waals surface area contributed by atoms with Gasteiger partial charge in [0, 0.05) is 6.42 Å². The first-order chi connectivity index (χ1) is 9.92. The van der Waals surface area contributed by atoms with Crippen LogP contribution < -0.4 is 10.2 Å². The molecule has 1 unspecified atom stereocenters. The zero-order chi connectivity index (χ0) is 15.6. The Hall–Kier alpha value is -1.95. The highest BCUT2D eigenvalue weighted by molar-refractivity contribution is 7.80. The molecule has 1 saturated heterocycles. The minimum atomic E-state index is -0.475. The Morgan fingerprint density at radius 1 is 1.33 bits per heavy atom. The fourth-order valence-corrected chi connectivity index (χ4v) is 2.75. The number of ether oxygens (including phenoxy) is 1. The van der Waals surface area contributed by atoms with E-state index in [1.165, 1.54) is 12.0 Å². The van der Waals surface area contributed by atoms with Crippen molar-refractivity contribution < 1.29 is 14.3 Å². The number of rotatable bonds is 4. The topological polar surface area (TPSA) is 58.6 Å². The zero-order valence-electron chi connectivity index (χ0n) is 12.3. The number of carbonyl (C=O) groups excluding carboxylic acids is 2. The lowest BCUT2D eigenvalue weighted by molar-refractivity contribution is -0.140. The number of nitrogens with zero attached hydrogens (tertiary/aromatic N) is 1. The summed E-state index contributed by atoms with van der Waals surface area (Å²) in [7, 11) is 1.33. The van der Waals surface area contributed by atoms with Crippen molar-refractivity contribution in [3.05, 3.63) is 29.3 Å². The molecule has 0 spiro atoms. The first-order valence-electron chi connectivity index (χ1n) is 6.72. The molecule has 1 aromatic carbocycles. The summed E-state index contributed by atoms with van der Waals surface area (Å²) < 4.78 is 4.59. The molecule has 0 bridgehead atoms. The summed E-state index contributed by atoms with van der Waals surface area (Å²) in [6.45, 7) is 3.95. The molecule has 1 fully saturated rings. The largest absolute Gasteiger partial charge is 0.469 e. The second kappa shape index (κ2) is 6.22. The number of carbonyl (C=O) groups is 2. The van der Waals surface area contributed by atoms with E-state index in [1.807, 2.05) is 32.0 Å². The Labute approximate surface area is 129 Å². The SMILES string of the molecule is COC(=O)CCC1NC(=S)N(c2cc(C)cc(C)c2)C1=O. The van der Waals surface area contributed by atoms with Crippen LogP contribution in [0.2, 0.25) is 0 Å². The van der Waals surface area contributed by atoms with Crippen molar-refractivity contribution in [3.63, 3.8) is 0 Å². The van der Waals surface area contributed by atoms with E-state index >= 15 is 0 Å². The molecule has 1 heterocycles. The summed E-state index contributed by atoms with van der Waals surface area (Å²) >= 11 is 5.25. The van der Waals surface area contributed by atoms with Crippen LogP contribution in [0, 0.1) is 13.8 Å². The Kier molecular flexibility index (Phi) is 4.57. The number of nitrogens with one attached hydrogen (secondary N) is 1. The Morgan fingerprint density at radius 3 is 2.52 bits per heavy atom. The Balaban J connectivity index is 2.16. The van der Waals surface area contributed by atoms with Crippen molar-refractivity contribution in [1.82, 2.24) is 5.32 Å². The molecular formula is C15H18N2O3S.